The van der Waals surface area contributed by atoms with Gasteiger partial charge in [0.2, 0.25) is 0 Å². The first-order chi connectivity index (χ1) is 6.13. The van der Waals surface area contributed by atoms with E-state index in [0.717, 1.165) is 5.33 Å². The van der Waals surface area contributed by atoms with Gasteiger partial charge in [-0.1, -0.05) is 27.6 Å². The van der Waals surface area contributed by atoms with Gasteiger partial charge in [0.25, 0.3) is 0 Å². The Labute approximate surface area is 87.8 Å². The maximum Gasteiger partial charge on any atom is 0.0562 e. The van der Waals surface area contributed by atoms with Crippen LogP contribution in [0.5, 0.6) is 0 Å². The Morgan fingerprint density at radius 2 is 2.38 bits per heavy atom. The van der Waals surface area contributed by atoms with E-state index in [1.165, 1.54) is 11.1 Å². The Morgan fingerprint density at radius 3 is 2.85 bits per heavy atom. The number of aromatic nitrogens is 2. The second kappa shape index (κ2) is 4.61. The molecule has 2 nitrogen and oxygen atoms in total. The summed E-state index contributed by atoms with van der Waals surface area (Å²) in [5, 5.41) is 5.18. The molecule has 0 radical (unpaired) electrons. The van der Waals surface area contributed by atoms with Crippen LogP contribution >= 0.6 is 15.9 Å². The fourth-order valence-corrected chi connectivity index (χ4v) is 1.19. The summed E-state index contributed by atoms with van der Waals surface area (Å²) in [4.78, 5) is 0. The molecule has 0 aromatic carbocycles. The number of allylic oxidation sites excluding steroid dienone is 1. The topological polar surface area (TPSA) is 17.8 Å². The number of nitrogens with zero attached hydrogens (tertiary/aromatic N) is 2. The van der Waals surface area contributed by atoms with E-state index in [4.69, 9.17) is 0 Å². The first kappa shape index (κ1) is 10.5. The maximum absolute atomic E-state index is 4.26. The minimum Gasteiger partial charge on any atom is -0.270 e. The molecular formula is C10H15BrN2. The number of halogens is 1. The van der Waals surface area contributed by atoms with Crippen LogP contribution in [0.4, 0.5) is 0 Å². The van der Waals surface area contributed by atoms with Gasteiger partial charge >= 0.3 is 0 Å². The van der Waals surface area contributed by atoms with Crippen molar-refractivity contribution >= 4 is 22.0 Å². The second-order valence-electron chi connectivity index (χ2n) is 3.47. The van der Waals surface area contributed by atoms with Crippen LogP contribution < -0.4 is 0 Å². The molecule has 13 heavy (non-hydrogen) atoms. The van der Waals surface area contributed by atoms with E-state index in [1.54, 1.807) is 0 Å². The van der Waals surface area contributed by atoms with Crippen molar-refractivity contribution in [3.05, 3.63) is 23.5 Å². The van der Waals surface area contributed by atoms with Gasteiger partial charge in [0.1, 0.15) is 0 Å². The summed E-state index contributed by atoms with van der Waals surface area (Å²) in [7, 11) is 0. The highest BCUT2D eigenvalue weighted by Gasteiger charge is 1.99. The molecule has 0 atom stereocenters. The van der Waals surface area contributed by atoms with Gasteiger partial charge < -0.3 is 0 Å². The normalized spacial score (nSPS) is 12.5. The molecular weight excluding hydrogens is 228 g/mol. The average molecular weight is 243 g/mol. The molecule has 72 valence electrons. The van der Waals surface area contributed by atoms with Gasteiger partial charge in [-0.3, -0.25) is 4.68 Å². The molecule has 0 saturated heterocycles. The third-order valence-corrected chi connectivity index (χ3v) is 2.66. The summed E-state index contributed by atoms with van der Waals surface area (Å²) >= 11 is 3.41. The van der Waals surface area contributed by atoms with E-state index in [1.807, 2.05) is 10.9 Å². The van der Waals surface area contributed by atoms with Gasteiger partial charge in [0.15, 0.2) is 0 Å². The lowest BCUT2D eigenvalue weighted by Gasteiger charge is -2.02. The van der Waals surface area contributed by atoms with Crippen LogP contribution in [-0.2, 0) is 0 Å². The lowest BCUT2D eigenvalue weighted by Crippen LogP contribution is -1.99. The molecule has 0 aliphatic carbocycles. The Balaban J connectivity index is 2.80. The zero-order chi connectivity index (χ0) is 9.84. The van der Waals surface area contributed by atoms with Gasteiger partial charge in [-0.05, 0) is 20.8 Å². The molecule has 0 saturated carbocycles. The van der Waals surface area contributed by atoms with Gasteiger partial charge in [-0.15, -0.1) is 0 Å². The highest BCUT2D eigenvalue weighted by molar-refractivity contribution is 9.09. The first-order valence-electron chi connectivity index (χ1n) is 4.40. The van der Waals surface area contributed by atoms with E-state index < -0.39 is 0 Å². The van der Waals surface area contributed by atoms with Crippen molar-refractivity contribution in [3.63, 3.8) is 0 Å². The summed E-state index contributed by atoms with van der Waals surface area (Å²) in [6.07, 6.45) is 6.10. The molecule has 1 aromatic rings. The predicted molar refractivity (Wildman–Crippen MR) is 60.1 cm³/mol. The Hall–Kier alpha value is -0.570. The lowest BCUT2D eigenvalue weighted by molar-refractivity contribution is 0.532. The molecule has 0 fully saturated rings. The van der Waals surface area contributed by atoms with Crippen molar-refractivity contribution in [2.45, 2.75) is 26.8 Å². The van der Waals surface area contributed by atoms with Crippen molar-refractivity contribution in [1.29, 1.82) is 0 Å². The summed E-state index contributed by atoms with van der Waals surface area (Å²) in [5.74, 6) is 0. The van der Waals surface area contributed by atoms with E-state index >= 15 is 0 Å². The van der Waals surface area contributed by atoms with E-state index in [-0.39, 0.29) is 0 Å². The average Bonchev–Trinajstić information content (AvgIpc) is 2.52. The van der Waals surface area contributed by atoms with E-state index in [0.29, 0.717) is 6.04 Å². The quantitative estimate of drug-likeness (QED) is 0.745. The Kier molecular flexibility index (Phi) is 3.72. The molecule has 0 N–H and O–H groups in total. The van der Waals surface area contributed by atoms with E-state index in [9.17, 15) is 0 Å². The highest BCUT2D eigenvalue weighted by atomic mass is 79.9. The molecule has 0 unspecified atom stereocenters. The van der Waals surface area contributed by atoms with Gasteiger partial charge in [-0.25, -0.2) is 0 Å². The first-order valence-corrected chi connectivity index (χ1v) is 5.53. The van der Waals surface area contributed by atoms with E-state index in [2.05, 4.69) is 54.1 Å². The van der Waals surface area contributed by atoms with Crippen molar-refractivity contribution < 1.29 is 0 Å². The van der Waals surface area contributed by atoms with Gasteiger partial charge in [-0.2, -0.15) is 5.10 Å². The summed E-state index contributed by atoms with van der Waals surface area (Å²) in [6.45, 7) is 6.34. The second-order valence-corrected chi connectivity index (χ2v) is 4.03. The SMILES string of the molecule is C/C(=C/c1cnn(C(C)C)c1)CBr. The van der Waals surface area contributed by atoms with Crippen LogP contribution in [0.15, 0.2) is 18.0 Å². The maximum atomic E-state index is 4.26. The fourth-order valence-electron chi connectivity index (χ4n) is 1.03. The van der Waals surface area contributed by atoms with Crippen molar-refractivity contribution in [2.75, 3.05) is 5.33 Å². The zero-order valence-corrected chi connectivity index (χ0v) is 9.87. The molecule has 0 aliphatic heterocycles. The minimum absolute atomic E-state index is 0.437. The third-order valence-electron chi connectivity index (χ3n) is 1.77. The number of alkyl halides is 1. The Morgan fingerprint density at radius 1 is 1.69 bits per heavy atom. The number of hydrogen-bond donors (Lipinski definition) is 0. The standard InChI is InChI=1S/C10H15BrN2/c1-8(2)13-7-10(6-12-13)4-9(3)5-11/h4,6-8H,5H2,1-3H3/b9-4-. The van der Waals surface area contributed by atoms with Crippen LogP contribution in [-0.4, -0.2) is 15.1 Å². The summed E-state index contributed by atoms with van der Waals surface area (Å²) < 4.78 is 1.97. The van der Waals surface area contributed by atoms with Crippen molar-refractivity contribution in [3.8, 4) is 0 Å². The zero-order valence-electron chi connectivity index (χ0n) is 8.29. The predicted octanol–water partition coefficient (Wildman–Crippen LogP) is 3.26. The largest absolute Gasteiger partial charge is 0.270 e. The van der Waals surface area contributed by atoms with Gasteiger partial charge in [0.05, 0.1) is 6.20 Å². The molecule has 0 amide bonds. The van der Waals surface area contributed by atoms with Crippen molar-refractivity contribution in [1.82, 2.24) is 9.78 Å². The molecule has 0 aliphatic rings. The molecule has 1 aromatic heterocycles. The molecule has 0 bridgehead atoms. The van der Waals surface area contributed by atoms with Crippen LogP contribution in [0, 0.1) is 0 Å². The van der Waals surface area contributed by atoms with Crippen LogP contribution in [0.3, 0.4) is 0 Å². The molecule has 1 rings (SSSR count). The monoisotopic (exact) mass is 242 g/mol. The Bertz CT molecular complexity index is 300. The lowest BCUT2D eigenvalue weighted by atomic mass is 10.2. The van der Waals surface area contributed by atoms with Crippen molar-refractivity contribution in [2.24, 2.45) is 0 Å². The van der Waals surface area contributed by atoms with Crippen LogP contribution in [0.25, 0.3) is 6.08 Å². The molecule has 1 heterocycles. The third kappa shape index (κ3) is 2.99. The minimum atomic E-state index is 0.437. The smallest absolute Gasteiger partial charge is 0.0562 e. The highest BCUT2D eigenvalue weighted by Crippen LogP contribution is 2.10. The molecule has 0 spiro atoms. The van der Waals surface area contributed by atoms with Crippen LogP contribution in [0.1, 0.15) is 32.4 Å². The summed E-state index contributed by atoms with van der Waals surface area (Å²) in [6, 6.07) is 0.437. The van der Waals surface area contributed by atoms with Crippen LogP contribution in [0.2, 0.25) is 0 Å². The number of hydrogen-bond acceptors (Lipinski definition) is 1. The molecule has 3 heteroatoms. The summed E-state index contributed by atoms with van der Waals surface area (Å²) in [5.41, 5.74) is 2.48. The fraction of sp³-hybridized carbons (Fsp3) is 0.500. The number of rotatable bonds is 3. The van der Waals surface area contributed by atoms with Gasteiger partial charge in [0, 0.05) is 23.1 Å².